The average molecular weight is 334 g/mol. The zero-order valence-electron chi connectivity index (χ0n) is 14.7. The van der Waals surface area contributed by atoms with Crippen LogP contribution in [-0.2, 0) is 6.42 Å². The highest BCUT2D eigenvalue weighted by atomic mass is 16.2. The van der Waals surface area contributed by atoms with E-state index in [9.17, 15) is 4.79 Å². The van der Waals surface area contributed by atoms with E-state index in [1.807, 2.05) is 24.3 Å². The van der Waals surface area contributed by atoms with Crippen molar-refractivity contribution in [3.8, 4) is 0 Å². The van der Waals surface area contributed by atoms with Gasteiger partial charge in [0, 0.05) is 18.7 Å². The zero-order chi connectivity index (χ0) is 17.1. The van der Waals surface area contributed by atoms with Crippen LogP contribution in [-0.4, -0.2) is 37.0 Å². The summed E-state index contributed by atoms with van der Waals surface area (Å²) in [6, 6.07) is 18.5. The number of hydrogen-bond donors (Lipinski definition) is 1. The fraction of sp³-hybridized carbons (Fsp3) is 0.409. The first-order chi connectivity index (χ1) is 12.3. The Kier molecular flexibility index (Phi) is 4.84. The molecule has 0 radical (unpaired) electrons. The van der Waals surface area contributed by atoms with Crippen molar-refractivity contribution in [2.24, 2.45) is 11.8 Å². The topological polar surface area (TPSA) is 32.3 Å². The Bertz CT molecular complexity index is 714. The second-order valence-corrected chi connectivity index (χ2v) is 7.37. The fourth-order valence-corrected chi connectivity index (χ4v) is 4.29. The number of hydrogen-bond acceptors (Lipinski definition) is 2. The summed E-state index contributed by atoms with van der Waals surface area (Å²) in [6.07, 6.45) is 3.07. The minimum Gasteiger partial charge on any atom is -0.339 e. The highest BCUT2D eigenvalue weighted by molar-refractivity contribution is 5.95. The van der Waals surface area contributed by atoms with Gasteiger partial charge in [-0.3, -0.25) is 4.79 Å². The van der Waals surface area contributed by atoms with Gasteiger partial charge < -0.3 is 10.2 Å². The molecule has 3 heteroatoms. The van der Waals surface area contributed by atoms with Crippen molar-refractivity contribution in [1.29, 1.82) is 0 Å². The summed E-state index contributed by atoms with van der Waals surface area (Å²) in [7, 11) is 0. The molecule has 1 amide bonds. The van der Waals surface area contributed by atoms with Gasteiger partial charge in [-0.05, 0) is 61.4 Å². The smallest absolute Gasteiger partial charge is 0.254 e. The second kappa shape index (κ2) is 7.40. The van der Waals surface area contributed by atoms with Gasteiger partial charge in [-0.2, -0.15) is 0 Å². The normalized spacial score (nSPS) is 23.1. The lowest BCUT2D eigenvalue weighted by atomic mass is 9.92. The maximum atomic E-state index is 13.2. The largest absolute Gasteiger partial charge is 0.339 e. The van der Waals surface area contributed by atoms with Gasteiger partial charge >= 0.3 is 0 Å². The Morgan fingerprint density at radius 2 is 1.56 bits per heavy atom. The van der Waals surface area contributed by atoms with Crippen LogP contribution in [0.4, 0.5) is 0 Å². The molecule has 0 aromatic heterocycles. The van der Waals surface area contributed by atoms with E-state index >= 15 is 0 Å². The first-order valence-corrected chi connectivity index (χ1v) is 9.43. The quantitative estimate of drug-likeness (QED) is 0.933. The summed E-state index contributed by atoms with van der Waals surface area (Å²) in [5.41, 5.74) is 3.25. The molecule has 0 bridgehead atoms. The first-order valence-electron chi connectivity index (χ1n) is 9.43. The maximum Gasteiger partial charge on any atom is 0.254 e. The van der Waals surface area contributed by atoms with Crippen molar-refractivity contribution >= 4 is 5.91 Å². The molecule has 4 rings (SSSR count). The van der Waals surface area contributed by atoms with Crippen molar-refractivity contribution in [3.05, 3.63) is 71.3 Å². The Balaban J connectivity index is 1.52. The van der Waals surface area contributed by atoms with E-state index in [0.717, 1.165) is 68.4 Å². The van der Waals surface area contributed by atoms with Gasteiger partial charge in [0.25, 0.3) is 5.91 Å². The molecule has 1 N–H and O–H groups in total. The molecule has 2 heterocycles. The van der Waals surface area contributed by atoms with E-state index < -0.39 is 0 Å². The Hall–Kier alpha value is -2.13. The van der Waals surface area contributed by atoms with Gasteiger partial charge in [0.2, 0.25) is 0 Å². The van der Waals surface area contributed by atoms with Crippen LogP contribution < -0.4 is 5.32 Å². The van der Waals surface area contributed by atoms with Crippen molar-refractivity contribution in [3.63, 3.8) is 0 Å². The van der Waals surface area contributed by atoms with Crippen molar-refractivity contribution in [1.82, 2.24) is 10.2 Å². The SMILES string of the molecule is O=C(c1ccccc1Cc1ccccc1)N1CC[C@@H]2CNC[C@@H]2CC1. The first kappa shape index (κ1) is 16.3. The number of likely N-dealkylation sites (tertiary alicyclic amines) is 1. The predicted octanol–water partition coefficient (Wildman–Crippen LogP) is 3.35. The van der Waals surface area contributed by atoms with E-state index in [0.29, 0.717) is 0 Å². The fourth-order valence-electron chi connectivity index (χ4n) is 4.29. The van der Waals surface area contributed by atoms with Crippen molar-refractivity contribution < 1.29 is 4.79 Å². The molecular weight excluding hydrogens is 308 g/mol. The Morgan fingerprint density at radius 1 is 0.920 bits per heavy atom. The van der Waals surface area contributed by atoms with Crippen LogP contribution in [0.3, 0.4) is 0 Å². The summed E-state index contributed by atoms with van der Waals surface area (Å²) in [4.78, 5) is 15.3. The van der Waals surface area contributed by atoms with Crippen molar-refractivity contribution in [2.75, 3.05) is 26.2 Å². The number of nitrogens with one attached hydrogen (secondary N) is 1. The van der Waals surface area contributed by atoms with Crippen molar-refractivity contribution in [2.45, 2.75) is 19.3 Å². The summed E-state index contributed by atoms with van der Waals surface area (Å²) < 4.78 is 0. The number of carbonyl (C=O) groups is 1. The monoisotopic (exact) mass is 334 g/mol. The van der Waals surface area contributed by atoms with Gasteiger partial charge in [-0.15, -0.1) is 0 Å². The van der Waals surface area contributed by atoms with E-state index in [1.165, 1.54) is 5.56 Å². The maximum absolute atomic E-state index is 13.2. The predicted molar refractivity (Wildman–Crippen MR) is 101 cm³/mol. The lowest BCUT2D eigenvalue weighted by Gasteiger charge is -2.22. The average Bonchev–Trinajstić information content (AvgIpc) is 3.01. The van der Waals surface area contributed by atoms with E-state index in [1.54, 1.807) is 0 Å². The molecule has 130 valence electrons. The van der Waals surface area contributed by atoms with Gasteiger partial charge in [0.15, 0.2) is 0 Å². The van der Waals surface area contributed by atoms with Crippen LogP contribution in [0.15, 0.2) is 54.6 Å². The molecule has 2 aromatic rings. The summed E-state index contributed by atoms with van der Waals surface area (Å²) >= 11 is 0. The highest BCUT2D eigenvalue weighted by Gasteiger charge is 2.32. The third-order valence-electron chi connectivity index (χ3n) is 5.79. The molecule has 2 atom stereocenters. The number of rotatable bonds is 3. The molecule has 3 nitrogen and oxygen atoms in total. The number of nitrogens with zero attached hydrogens (tertiary/aromatic N) is 1. The molecule has 0 aliphatic carbocycles. The van der Waals surface area contributed by atoms with Crippen LogP contribution in [0.2, 0.25) is 0 Å². The van der Waals surface area contributed by atoms with E-state index in [2.05, 4.69) is 40.5 Å². The lowest BCUT2D eigenvalue weighted by Crippen LogP contribution is -2.33. The molecule has 2 aromatic carbocycles. The third kappa shape index (κ3) is 3.62. The minimum absolute atomic E-state index is 0.208. The summed E-state index contributed by atoms with van der Waals surface area (Å²) in [5.74, 6) is 1.70. The van der Waals surface area contributed by atoms with Crippen LogP contribution in [0, 0.1) is 11.8 Å². The highest BCUT2D eigenvalue weighted by Crippen LogP contribution is 2.28. The lowest BCUT2D eigenvalue weighted by molar-refractivity contribution is 0.0757. The summed E-state index contributed by atoms with van der Waals surface area (Å²) in [5, 5.41) is 3.50. The van der Waals surface area contributed by atoms with Crippen LogP contribution in [0.25, 0.3) is 0 Å². The molecule has 2 aliphatic heterocycles. The summed E-state index contributed by atoms with van der Waals surface area (Å²) in [6.45, 7) is 4.03. The van der Waals surface area contributed by atoms with E-state index in [-0.39, 0.29) is 5.91 Å². The molecule has 0 spiro atoms. The van der Waals surface area contributed by atoms with Gasteiger partial charge in [-0.1, -0.05) is 48.5 Å². The van der Waals surface area contributed by atoms with Crippen LogP contribution in [0.5, 0.6) is 0 Å². The van der Waals surface area contributed by atoms with Gasteiger partial charge in [0.1, 0.15) is 0 Å². The van der Waals surface area contributed by atoms with Gasteiger partial charge in [0.05, 0.1) is 0 Å². The molecule has 0 saturated carbocycles. The second-order valence-electron chi connectivity index (χ2n) is 7.37. The molecule has 2 aliphatic rings. The number of carbonyl (C=O) groups excluding carboxylic acids is 1. The Morgan fingerprint density at radius 3 is 2.28 bits per heavy atom. The minimum atomic E-state index is 0.208. The molecule has 2 saturated heterocycles. The third-order valence-corrected chi connectivity index (χ3v) is 5.79. The molecule has 2 fully saturated rings. The van der Waals surface area contributed by atoms with E-state index in [4.69, 9.17) is 0 Å². The molecule has 25 heavy (non-hydrogen) atoms. The zero-order valence-corrected chi connectivity index (χ0v) is 14.7. The molecule has 0 unspecified atom stereocenters. The van der Waals surface area contributed by atoms with Crippen LogP contribution in [0.1, 0.15) is 34.3 Å². The Labute approximate surface area is 150 Å². The number of fused-ring (bicyclic) bond motifs is 1. The van der Waals surface area contributed by atoms with Crippen LogP contribution >= 0.6 is 0 Å². The standard InChI is InChI=1S/C22H26N2O/c25-22(24-12-10-19-15-23-16-20(19)11-13-24)21-9-5-4-8-18(21)14-17-6-2-1-3-7-17/h1-9,19-20,23H,10-16H2/t19-,20+. The number of benzene rings is 2. The number of amides is 1. The van der Waals surface area contributed by atoms with Gasteiger partial charge in [-0.25, -0.2) is 0 Å². The molecular formula is C22H26N2O.